The summed E-state index contributed by atoms with van der Waals surface area (Å²) in [5.41, 5.74) is 1.97. The Morgan fingerprint density at radius 1 is 1.09 bits per heavy atom. The highest BCUT2D eigenvalue weighted by molar-refractivity contribution is 6.04. The molecule has 4 heteroatoms. The molecule has 0 fully saturated rings. The summed E-state index contributed by atoms with van der Waals surface area (Å²) < 4.78 is 5.34. The Bertz CT molecular complexity index is 718. The number of Topliss-reactive ketones (excluding diaryl/α,β-unsaturated/α-hetero) is 1. The highest BCUT2D eigenvalue weighted by Gasteiger charge is 2.02. The fraction of sp³-hybridized carbons (Fsp3) is 0.158. The Balaban J connectivity index is 1.98. The zero-order valence-electron chi connectivity index (χ0n) is 13.2. The van der Waals surface area contributed by atoms with Crippen LogP contribution in [0.3, 0.4) is 0 Å². The molecule has 0 heterocycles. The number of carbonyl (C=O) groups excluding carboxylic acids is 2. The van der Waals surface area contributed by atoms with Gasteiger partial charge in [-0.15, -0.1) is 0 Å². The summed E-state index contributed by atoms with van der Waals surface area (Å²) in [5.74, 6) is 0.638. The molecule has 0 aromatic heterocycles. The standard InChI is InChI=1S/C19H19NO3/c1-3-23-18-9-7-15(8-10-18)19(22)11-12-20-17-6-4-5-16(13-17)14(2)21/h4-13,20H,3H2,1-2H3. The summed E-state index contributed by atoms with van der Waals surface area (Å²) in [7, 11) is 0. The second-order valence-corrected chi connectivity index (χ2v) is 4.94. The van der Waals surface area contributed by atoms with Gasteiger partial charge in [0.25, 0.3) is 0 Å². The van der Waals surface area contributed by atoms with Crippen LogP contribution in [0.25, 0.3) is 0 Å². The number of hydrogen-bond donors (Lipinski definition) is 1. The summed E-state index contributed by atoms with van der Waals surface area (Å²) in [4.78, 5) is 23.4. The molecule has 0 saturated heterocycles. The number of nitrogens with one attached hydrogen (secondary N) is 1. The van der Waals surface area contributed by atoms with Gasteiger partial charge in [-0.05, 0) is 50.2 Å². The second kappa shape index (κ2) is 7.94. The van der Waals surface area contributed by atoms with Crippen LogP contribution in [0, 0.1) is 0 Å². The van der Waals surface area contributed by atoms with Crippen molar-refractivity contribution in [1.29, 1.82) is 0 Å². The Morgan fingerprint density at radius 3 is 2.48 bits per heavy atom. The molecule has 1 N–H and O–H groups in total. The van der Waals surface area contributed by atoms with Crippen molar-refractivity contribution in [1.82, 2.24) is 0 Å². The molecule has 118 valence electrons. The van der Waals surface area contributed by atoms with E-state index in [0.29, 0.717) is 17.7 Å². The number of ether oxygens (including phenoxy) is 1. The van der Waals surface area contributed by atoms with E-state index >= 15 is 0 Å². The van der Waals surface area contributed by atoms with Crippen LogP contribution in [0.4, 0.5) is 5.69 Å². The summed E-state index contributed by atoms with van der Waals surface area (Å²) in [6.45, 7) is 4.02. The maximum absolute atomic E-state index is 12.1. The molecule has 0 aliphatic heterocycles. The smallest absolute Gasteiger partial charge is 0.187 e. The number of hydrogen-bond acceptors (Lipinski definition) is 4. The molecule has 0 aliphatic rings. The van der Waals surface area contributed by atoms with E-state index in [1.165, 1.54) is 13.0 Å². The van der Waals surface area contributed by atoms with Crippen molar-refractivity contribution < 1.29 is 14.3 Å². The average Bonchev–Trinajstić information content (AvgIpc) is 2.56. The van der Waals surface area contributed by atoms with E-state index in [9.17, 15) is 9.59 Å². The first kappa shape index (κ1) is 16.5. The van der Waals surface area contributed by atoms with Crippen LogP contribution in [-0.2, 0) is 0 Å². The zero-order chi connectivity index (χ0) is 16.7. The van der Waals surface area contributed by atoms with Gasteiger partial charge in [0.1, 0.15) is 5.75 Å². The topological polar surface area (TPSA) is 55.4 Å². The Hall–Kier alpha value is -2.88. The number of allylic oxidation sites excluding steroid dienone is 1. The third kappa shape index (κ3) is 4.81. The maximum Gasteiger partial charge on any atom is 0.187 e. The molecule has 0 radical (unpaired) electrons. The Morgan fingerprint density at radius 2 is 1.83 bits per heavy atom. The van der Waals surface area contributed by atoms with Crippen molar-refractivity contribution in [3.05, 3.63) is 71.9 Å². The lowest BCUT2D eigenvalue weighted by Crippen LogP contribution is -1.98. The monoisotopic (exact) mass is 309 g/mol. The van der Waals surface area contributed by atoms with Gasteiger partial charge >= 0.3 is 0 Å². The van der Waals surface area contributed by atoms with E-state index in [4.69, 9.17) is 4.74 Å². The number of ketones is 2. The molecule has 23 heavy (non-hydrogen) atoms. The molecule has 0 bridgehead atoms. The largest absolute Gasteiger partial charge is 0.494 e. The maximum atomic E-state index is 12.1. The average molecular weight is 309 g/mol. The molecule has 2 aromatic carbocycles. The van der Waals surface area contributed by atoms with Crippen LogP contribution in [0.1, 0.15) is 34.6 Å². The van der Waals surface area contributed by atoms with Crippen molar-refractivity contribution in [3.8, 4) is 5.75 Å². The van der Waals surface area contributed by atoms with Gasteiger partial charge in [-0.1, -0.05) is 12.1 Å². The predicted octanol–water partition coefficient (Wildman–Crippen LogP) is 4.10. The van der Waals surface area contributed by atoms with Gasteiger partial charge in [-0.25, -0.2) is 0 Å². The third-order valence-electron chi connectivity index (χ3n) is 3.20. The van der Waals surface area contributed by atoms with E-state index in [-0.39, 0.29) is 11.6 Å². The van der Waals surface area contributed by atoms with Gasteiger partial charge in [0.05, 0.1) is 6.61 Å². The molecule has 0 spiro atoms. The molecule has 0 amide bonds. The molecular weight excluding hydrogens is 290 g/mol. The fourth-order valence-electron chi connectivity index (χ4n) is 2.02. The van der Waals surface area contributed by atoms with Crippen molar-refractivity contribution >= 4 is 17.3 Å². The van der Waals surface area contributed by atoms with Crippen molar-refractivity contribution in [2.24, 2.45) is 0 Å². The van der Waals surface area contributed by atoms with E-state index in [2.05, 4.69) is 5.32 Å². The Labute approximate surface area is 135 Å². The minimum Gasteiger partial charge on any atom is -0.494 e. The fourth-order valence-corrected chi connectivity index (χ4v) is 2.02. The zero-order valence-corrected chi connectivity index (χ0v) is 13.2. The number of benzene rings is 2. The third-order valence-corrected chi connectivity index (χ3v) is 3.20. The van der Waals surface area contributed by atoms with Gasteiger partial charge in [0.2, 0.25) is 0 Å². The molecule has 4 nitrogen and oxygen atoms in total. The first-order valence-electron chi connectivity index (χ1n) is 7.41. The molecule has 2 aromatic rings. The first-order valence-corrected chi connectivity index (χ1v) is 7.41. The SMILES string of the molecule is CCOc1ccc(C(=O)C=CNc2cccc(C(C)=O)c2)cc1. The number of carbonyl (C=O) groups is 2. The van der Waals surface area contributed by atoms with Crippen LogP contribution < -0.4 is 10.1 Å². The van der Waals surface area contributed by atoms with Gasteiger partial charge in [-0.2, -0.15) is 0 Å². The van der Waals surface area contributed by atoms with Crippen molar-refractivity contribution in [2.75, 3.05) is 11.9 Å². The summed E-state index contributed by atoms with van der Waals surface area (Å²) >= 11 is 0. The van der Waals surface area contributed by atoms with Crippen LogP contribution in [0.2, 0.25) is 0 Å². The number of anilines is 1. The van der Waals surface area contributed by atoms with Crippen molar-refractivity contribution in [3.63, 3.8) is 0 Å². The highest BCUT2D eigenvalue weighted by atomic mass is 16.5. The van der Waals surface area contributed by atoms with Gasteiger partial charge in [0.15, 0.2) is 11.6 Å². The van der Waals surface area contributed by atoms with Crippen LogP contribution >= 0.6 is 0 Å². The van der Waals surface area contributed by atoms with Crippen LogP contribution in [0.5, 0.6) is 5.75 Å². The molecule has 0 saturated carbocycles. The molecule has 0 unspecified atom stereocenters. The molecule has 0 aliphatic carbocycles. The van der Waals surface area contributed by atoms with Crippen LogP contribution in [0.15, 0.2) is 60.8 Å². The quantitative estimate of drug-likeness (QED) is 0.618. The second-order valence-electron chi connectivity index (χ2n) is 4.94. The molecule has 2 rings (SSSR count). The molecular formula is C19H19NO3. The lowest BCUT2D eigenvalue weighted by atomic mass is 10.1. The van der Waals surface area contributed by atoms with Gasteiger partial charge in [-0.3, -0.25) is 9.59 Å². The highest BCUT2D eigenvalue weighted by Crippen LogP contribution is 2.14. The minimum atomic E-state index is -0.108. The van der Waals surface area contributed by atoms with Gasteiger partial charge in [0, 0.05) is 29.1 Å². The summed E-state index contributed by atoms with van der Waals surface area (Å²) in [6.07, 6.45) is 3.02. The van der Waals surface area contributed by atoms with E-state index in [0.717, 1.165) is 11.4 Å². The van der Waals surface area contributed by atoms with Gasteiger partial charge < -0.3 is 10.1 Å². The van der Waals surface area contributed by atoms with Crippen LogP contribution in [-0.4, -0.2) is 18.2 Å². The molecule has 0 atom stereocenters. The Kier molecular flexibility index (Phi) is 5.69. The summed E-state index contributed by atoms with van der Waals surface area (Å²) in [6, 6.07) is 14.1. The van der Waals surface area contributed by atoms with E-state index in [1.54, 1.807) is 48.7 Å². The number of rotatable bonds is 7. The minimum absolute atomic E-state index is 0.00286. The predicted molar refractivity (Wildman–Crippen MR) is 91.2 cm³/mol. The van der Waals surface area contributed by atoms with E-state index < -0.39 is 0 Å². The first-order chi connectivity index (χ1) is 11.1. The normalized spacial score (nSPS) is 10.5. The summed E-state index contributed by atoms with van der Waals surface area (Å²) in [5, 5.41) is 2.99. The van der Waals surface area contributed by atoms with E-state index in [1.807, 2.05) is 13.0 Å². The lowest BCUT2D eigenvalue weighted by molar-refractivity contribution is 0.101. The van der Waals surface area contributed by atoms with Crippen molar-refractivity contribution in [2.45, 2.75) is 13.8 Å². The lowest BCUT2D eigenvalue weighted by Gasteiger charge is -2.04.